The van der Waals surface area contributed by atoms with E-state index in [1.807, 2.05) is 12.1 Å². The summed E-state index contributed by atoms with van der Waals surface area (Å²) >= 11 is 0. The third kappa shape index (κ3) is 3.19. The zero-order valence-corrected chi connectivity index (χ0v) is 16.4. The van der Waals surface area contributed by atoms with Crippen molar-refractivity contribution in [1.29, 1.82) is 0 Å². The number of rotatable bonds is 5. The number of fused-ring (bicyclic) bond motifs is 1. The fraction of sp³-hybridized carbons (Fsp3) is 0.391. The summed E-state index contributed by atoms with van der Waals surface area (Å²) in [5, 5.41) is 4.79. The minimum atomic E-state index is 0.657. The lowest BCUT2D eigenvalue weighted by molar-refractivity contribution is 0.356. The van der Waals surface area contributed by atoms with Gasteiger partial charge < -0.3 is 19.8 Å². The van der Waals surface area contributed by atoms with Gasteiger partial charge in [-0.05, 0) is 73.7 Å². The number of hydrogen-bond acceptors (Lipinski definition) is 3. The lowest BCUT2D eigenvalue weighted by Crippen LogP contribution is -2.26. The SMILES string of the molecule is CCc1c(-c2cccc(OC)c2OC)[nH]c2ccc(C3CCNCC3)cc12. The van der Waals surface area contributed by atoms with Gasteiger partial charge in [0.25, 0.3) is 0 Å². The molecule has 0 saturated carbocycles. The van der Waals surface area contributed by atoms with Crippen LogP contribution in [-0.2, 0) is 6.42 Å². The first kappa shape index (κ1) is 17.9. The van der Waals surface area contributed by atoms with Gasteiger partial charge in [0.2, 0.25) is 0 Å². The van der Waals surface area contributed by atoms with Crippen molar-refractivity contribution in [3.63, 3.8) is 0 Å². The number of hydrogen-bond donors (Lipinski definition) is 2. The molecule has 1 aliphatic rings. The van der Waals surface area contributed by atoms with Crippen molar-refractivity contribution in [3.05, 3.63) is 47.5 Å². The Kier molecular flexibility index (Phi) is 5.08. The van der Waals surface area contributed by atoms with Gasteiger partial charge in [-0.15, -0.1) is 0 Å². The van der Waals surface area contributed by atoms with Gasteiger partial charge in [-0.25, -0.2) is 0 Å². The number of piperidine rings is 1. The smallest absolute Gasteiger partial charge is 0.170 e. The minimum Gasteiger partial charge on any atom is -0.493 e. The molecule has 3 aromatic rings. The molecule has 4 rings (SSSR count). The van der Waals surface area contributed by atoms with Crippen molar-refractivity contribution in [1.82, 2.24) is 10.3 Å². The van der Waals surface area contributed by atoms with Crippen LogP contribution in [0.25, 0.3) is 22.2 Å². The van der Waals surface area contributed by atoms with E-state index in [0.717, 1.165) is 42.3 Å². The number of H-pyrrole nitrogens is 1. The van der Waals surface area contributed by atoms with Gasteiger partial charge in [0.1, 0.15) is 0 Å². The molecule has 1 saturated heterocycles. The van der Waals surface area contributed by atoms with Crippen LogP contribution >= 0.6 is 0 Å². The zero-order valence-electron chi connectivity index (χ0n) is 16.4. The molecule has 0 spiro atoms. The Bertz CT molecular complexity index is 939. The van der Waals surface area contributed by atoms with E-state index in [0.29, 0.717) is 5.92 Å². The van der Waals surface area contributed by atoms with Crippen molar-refractivity contribution in [3.8, 4) is 22.8 Å². The number of methoxy groups -OCH3 is 2. The molecule has 2 N–H and O–H groups in total. The lowest BCUT2D eigenvalue weighted by atomic mass is 9.89. The maximum absolute atomic E-state index is 5.68. The summed E-state index contributed by atoms with van der Waals surface area (Å²) in [6.45, 7) is 4.45. The first-order valence-corrected chi connectivity index (χ1v) is 9.83. The molecule has 142 valence electrons. The third-order valence-electron chi connectivity index (χ3n) is 5.77. The molecule has 0 unspecified atom stereocenters. The van der Waals surface area contributed by atoms with Gasteiger partial charge >= 0.3 is 0 Å². The predicted octanol–water partition coefficient (Wildman–Crippen LogP) is 4.88. The first-order chi connectivity index (χ1) is 13.3. The number of nitrogens with one attached hydrogen (secondary N) is 2. The average molecular weight is 364 g/mol. The first-order valence-electron chi connectivity index (χ1n) is 9.83. The summed E-state index contributed by atoms with van der Waals surface area (Å²) < 4.78 is 11.2. The maximum atomic E-state index is 5.68. The van der Waals surface area contributed by atoms with Gasteiger partial charge in [0.05, 0.1) is 19.9 Å². The van der Waals surface area contributed by atoms with E-state index >= 15 is 0 Å². The predicted molar refractivity (Wildman–Crippen MR) is 111 cm³/mol. The number of aryl methyl sites for hydroxylation is 1. The highest BCUT2D eigenvalue weighted by atomic mass is 16.5. The Morgan fingerprint density at radius 2 is 1.85 bits per heavy atom. The standard InChI is InChI=1S/C23H28N2O2/c1-4-17-19-14-16(15-10-12-24-13-11-15)8-9-20(19)25-22(17)18-6-5-7-21(26-2)23(18)27-3/h5-9,14-15,24-25H,4,10-13H2,1-3H3. The molecule has 27 heavy (non-hydrogen) atoms. The molecule has 4 heteroatoms. The van der Waals surface area contributed by atoms with Crippen molar-refractivity contribution in [2.75, 3.05) is 27.3 Å². The number of ether oxygens (including phenoxy) is 2. The molecule has 0 atom stereocenters. The summed E-state index contributed by atoms with van der Waals surface area (Å²) in [4.78, 5) is 3.64. The summed E-state index contributed by atoms with van der Waals surface area (Å²) in [6, 6.07) is 13.0. The molecule has 1 aliphatic heterocycles. The third-order valence-corrected chi connectivity index (χ3v) is 5.77. The van der Waals surface area contributed by atoms with Crippen LogP contribution in [0.4, 0.5) is 0 Å². The van der Waals surface area contributed by atoms with E-state index in [2.05, 4.69) is 41.5 Å². The Balaban J connectivity index is 1.85. The monoisotopic (exact) mass is 364 g/mol. The number of para-hydroxylation sites is 1. The van der Waals surface area contributed by atoms with Crippen molar-refractivity contribution < 1.29 is 9.47 Å². The topological polar surface area (TPSA) is 46.3 Å². The van der Waals surface area contributed by atoms with E-state index in [-0.39, 0.29) is 0 Å². The number of benzene rings is 2. The Morgan fingerprint density at radius 3 is 2.56 bits per heavy atom. The van der Waals surface area contributed by atoms with E-state index in [1.165, 1.54) is 34.9 Å². The molecule has 2 heterocycles. The Labute approximate surface area is 160 Å². The average Bonchev–Trinajstić information content (AvgIpc) is 3.11. The largest absolute Gasteiger partial charge is 0.493 e. The van der Waals surface area contributed by atoms with E-state index in [4.69, 9.17) is 9.47 Å². The molecular formula is C23H28N2O2. The molecular weight excluding hydrogens is 336 g/mol. The summed E-state index contributed by atoms with van der Waals surface area (Å²) in [6.07, 6.45) is 3.40. The fourth-order valence-electron chi connectivity index (χ4n) is 4.36. The van der Waals surface area contributed by atoms with Gasteiger partial charge in [-0.3, -0.25) is 0 Å². The summed E-state index contributed by atoms with van der Waals surface area (Å²) in [5.41, 5.74) is 6.16. The second kappa shape index (κ2) is 7.65. The van der Waals surface area contributed by atoms with Crippen molar-refractivity contribution in [2.45, 2.75) is 32.1 Å². The van der Waals surface area contributed by atoms with Crippen LogP contribution in [0, 0.1) is 0 Å². The van der Waals surface area contributed by atoms with Crippen LogP contribution in [0.1, 0.15) is 36.8 Å². The lowest BCUT2D eigenvalue weighted by Gasteiger charge is -2.23. The molecule has 0 aliphatic carbocycles. The fourth-order valence-corrected chi connectivity index (χ4v) is 4.36. The van der Waals surface area contributed by atoms with E-state index in [9.17, 15) is 0 Å². The normalized spacial score (nSPS) is 15.2. The van der Waals surface area contributed by atoms with Gasteiger partial charge in [0.15, 0.2) is 11.5 Å². The highest BCUT2D eigenvalue weighted by Crippen LogP contribution is 2.41. The Morgan fingerprint density at radius 1 is 1.04 bits per heavy atom. The summed E-state index contributed by atoms with van der Waals surface area (Å²) in [5.74, 6) is 2.19. The Hall–Kier alpha value is -2.46. The van der Waals surface area contributed by atoms with Gasteiger partial charge in [-0.2, -0.15) is 0 Å². The molecule has 0 amide bonds. The quantitative estimate of drug-likeness (QED) is 0.678. The van der Waals surface area contributed by atoms with E-state index in [1.54, 1.807) is 14.2 Å². The highest BCUT2D eigenvalue weighted by molar-refractivity contribution is 5.92. The molecule has 1 aromatic heterocycles. The number of aromatic nitrogens is 1. The van der Waals surface area contributed by atoms with Crippen molar-refractivity contribution in [2.24, 2.45) is 0 Å². The second-order valence-corrected chi connectivity index (χ2v) is 7.20. The van der Waals surface area contributed by atoms with E-state index < -0.39 is 0 Å². The minimum absolute atomic E-state index is 0.657. The number of aromatic amines is 1. The van der Waals surface area contributed by atoms with Crippen LogP contribution < -0.4 is 14.8 Å². The molecule has 0 bridgehead atoms. The molecule has 4 nitrogen and oxygen atoms in total. The molecule has 2 aromatic carbocycles. The summed E-state index contributed by atoms with van der Waals surface area (Å²) in [7, 11) is 3.38. The second-order valence-electron chi connectivity index (χ2n) is 7.20. The van der Waals surface area contributed by atoms with Crippen LogP contribution in [0.5, 0.6) is 11.5 Å². The zero-order chi connectivity index (χ0) is 18.8. The molecule has 0 radical (unpaired) electrons. The molecule has 1 fully saturated rings. The van der Waals surface area contributed by atoms with Gasteiger partial charge in [0, 0.05) is 16.5 Å². The van der Waals surface area contributed by atoms with Crippen LogP contribution in [0.3, 0.4) is 0 Å². The van der Waals surface area contributed by atoms with Crippen LogP contribution in [0.15, 0.2) is 36.4 Å². The van der Waals surface area contributed by atoms with Crippen LogP contribution in [0.2, 0.25) is 0 Å². The van der Waals surface area contributed by atoms with Gasteiger partial charge in [-0.1, -0.05) is 19.1 Å². The van der Waals surface area contributed by atoms with Crippen molar-refractivity contribution >= 4 is 10.9 Å². The highest BCUT2D eigenvalue weighted by Gasteiger charge is 2.20. The van der Waals surface area contributed by atoms with Crippen LogP contribution in [-0.4, -0.2) is 32.3 Å². The maximum Gasteiger partial charge on any atom is 0.170 e.